The lowest BCUT2D eigenvalue weighted by molar-refractivity contribution is 0.783. The Morgan fingerprint density at radius 2 is 2.33 bits per heavy atom. The van der Waals surface area contributed by atoms with Crippen molar-refractivity contribution in [1.29, 1.82) is 0 Å². The number of para-hydroxylation sites is 1. The Kier molecular flexibility index (Phi) is 2.89. The van der Waals surface area contributed by atoms with E-state index >= 15 is 0 Å². The van der Waals surface area contributed by atoms with Gasteiger partial charge in [0.1, 0.15) is 0 Å². The molecule has 0 saturated heterocycles. The molecule has 1 aromatic carbocycles. The lowest BCUT2D eigenvalue weighted by atomic mass is 10.1. The number of hydrogen-bond acceptors (Lipinski definition) is 4. The number of rotatable bonds is 3. The molecular weight excluding hydrogens is 284 g/mol. The summed E-state index contributed by atoms with van der Waals surface area (Å²) in [5, 5.41) is 5.32. The Bertz CT molecular complexity index is 845. The van der Waals surface area contributed by atoms with E-state index in [4.69, 9.17) is 0 Å². The van der Waals surface area contributed by atoms with Crippen molar-refractivity contribution in [3.8, 4) is 11.3 Å². The van der Waals surface area contributed by atoms with E-state index in [0.717, 1.165) is 24.4 Å². The maximum Gasteiger partial charge on any atom is 0.304 e. The van der Waals surface area contributed by atoms with Gasteiger partial charge in [0.15, 0.2) is 0 Å². The van der Waals surface area contributed by atoms with Crippen molar-refractivity contribution >= 4 is 17.0 Å². The lowest BCUT2D eigenvalue weighted by Crippen LogP contribution is -2.04. The van der Waals surface area contributed by atoms with E-state index < -0.39 is 0 Å². The maximum absolute atomic E-state index is 11.3. The third-order valence-corrected chi connectivity index (χ3v) is 4.47. The molecule has 0 bridgehead atoms. The zero-order valence-electron chi connectivity index (χ0n) is 11.3. The lowest BCUT2D eigenvalue weighted by Gasteiger charge is -2.11. The fourth-order valence-corrected chi connectivity index (χ4v) is 3.37. The number of nitrogens with one attached hydrogen (secondary N) is 2. The highest BCUT2D eigenvalue weighted by atomic mass is 32.1. The van der Waals surface area contributed by atoms with Gasteiger partial charge in [-0.05, 0) is 12.0 Å². The normalized spacial score (nSPS) is 13.1. The van der Waals surface area contributed by atoms with Gasteiger partial charge in [-0.2, -0.15) is 0 Å². The van der Waals surface area contributed by atoms with Gasteiger partial charge in [-0.15, -0.1) is 0 Å². The number of aromatic amines is 1. The Balaban J connectivity index is 1.76. The van der Waals surface area contributed by atoms with Crippen LogP contribution in [0.3, 0.4) is 0 Å². The number of nitrogens with zero attached hydrogens (tertiary/aromatic N) is 2. The van der Waals surface area contributed by atoms with Crippen molar-refractivity contribution < 1.29 is 0 Å². The third kappa shape index (κ3) is 2.17. The van der Waals surface area contributed by atoms with Crippen molar-refractivity contribution in [3.63, 3.8) is 0 Å². The summed E-state index contributed by atoms with van der Waals surface area (Å²) in [6, 6.07) is 6.36. The molecule has 0 fully saturated rings. The highest BCUT2D eigenvalue weighted by molar-refractivity contribution is 7.07. The molecule has 106 valence electrons. The fourth-order valence-electron chi connectivity index (χ4n) is 2.80. The number of fused-ring (bicyclic) bond motifs is 1. The average Bonchev–Trinajstić information content (AvgIpc) is 3.19. The van der Waals surface area contributed by atoms with E-state index in [1.165, 1.54) is 28.2 Å². The SMILES string of the molecule is O=c1[nH]c(Cn2cncc2-c2cccc3c2NCC3)cs1. The molecule has 0 unspecified atom stereocenters. The first-order valence-corrected chi connectivity index (χ1v) is 7.72. The van der Waals surface area contributed by atoms with Gasteiger partial charge in [0, 0.05) is 28.9 Å². The molecule has 0 saturated carbocycles. The van der Waals surface area contributed by atoms with Gasteiger partial charge in [-0.25, -0.2) is 4.98 Å². The van der Waals surface area contributed by atoms with Crippen LogP contribution in [-0.4, -0.2) is 21.1 Å². The molecule has 0 amide bonds. The maximum atomic E-state index is 11.3. The second kappa shape index (κ2) is 4.89. The van der Waals surface area contributed by atoms with Crippen LogP contribution in [0.4, 0.5) is 5.69 Å². The molecule has 3 heterocycles. The number of H-pyrrole nitrogens is 1. The second-order valence-electron chi connectivity index (χ2n) is 5.10. The first kappa shape index (κ1) is 12.4. The first-order valence-electron chi connectivity index (χ1n) is 6.84. The molecule has 6 heteroatoms. The summed E-state index contributed by atoms with van der Waals surface area (Å²) in [6.45, 7) is 1.61. The molecule has 1 aliphatic rings. The van der Waals surface area contributed by atoms with Crippen LogP contribution in [-0.2, 0) is 13.0 Å². The van der Waals surface area contributed by atoms with Crippen LogP contribution in [0.1, 0.15) is 11.3 Å². The van der Waals surface area contributed by atoms with Gasteiger partial charge in [-0.1, -0.05) is 29.5 Å². The van der Waals surface area contributed by atoms with Crippen LogP contribution in [0.25, 0.3) is 11.3 Å². The number of imidazole rings is 1. The van der Waals surface area contributed by atoms with E-state index in [0.29, 0.717) is 6.54 Å². The molecule has 3 aromatic rings. The van der Waals surface area contributed by atoms with Gasteiger partial charge in [0.2, 0.25) is 0 Å². The smallest absolute Gasteiger partial charge is 0.304 e. The minimum absolute atomic E-state index is 0.0195. The molecule has 2 aromatic heterocycles. The van der Waals surface area contributed by atoms with Crippen LogP contribution in [0.2, 0.25) is 0 Å². The van der Waals surface area contributed by atoms with Gasteiger partial charge in [0.25, 0.3) is 0 Å². The molecular formula is C15H14N4OS. The Morgan fingerprint density at radius 3 is 3.19 bits per heavy atom. The molecule has 5 nitrogen and oxygen atoms in total. The van der Waals surface area contributed by atoms with Gasteiger partial charge in [-0.3, -0.25) is 4.79 Å². The van der Waals surface area contributed by atoms with E-state index in [2.05, 4.69) is 38.1 Å². The molecule has 21 heavy (non-hydrogen) atoms. The van der Waals surface area contributed by atoms with Crippen molar-refractivity contribution in [3.05, 3.63) is 57.0 Å². The molecule has 4 rings (SSSR count). The number of thiazole rings is 1. The second-order valence-corrected chi connectivity index (χ2v) is 5.94. The predicted molar refractivity (Wildman–Crippen MR) is 83.9 cm³/mol. The zero-order valence-corrected chi connectivity index (χ0v) is 12.1. The van der Waals surface area contributed by atoms with Crippen molar-refractivity contribution in [2.45, 2.75) is 13.0 Å². The number of benzene rings is 1. The van der Waals surface area contributed by atoms with Crippen LogP contribution in [0.15, 0.2) is 40.9 Å². The molecule has 1 aliphatic heterocycles. The molecule has 0 spiro atoms. The van der Waals surface area contributed by atoms with E-state index in [9.17, 15) is 4.79 Å². The molecule has 0 radical (unpaired) electrons. The van der Waals surface area contributed by atoms with E-state index in [1.807, 2.05) is 11.6 Å². The highest BCUT2D eigenvalue weighted by Gasteiger charge is 2.17. The quantitative estimate of drug-likeness (QED) is 0.780. The van der Waals surface area contributed by atoms with E-state index in [1.54, 1.807) is 6.33 Å². The van der Waals surface area contributed by atoms with Crippen LogP contribution < -0.4 is 10.2 Å². The summed E-state index contributed by atoms with van der Waals surface area (Å²) in [6.07, 6.45) is 4.74. The zero-order chi connectivity index (χ0) is 14.2. The molecule has 0 atom stereocenters. The van der Waals surface area contributed by atoms with Gasteiger partial charge in [0.05, 0.1) is 24.8 Å². The van der Waals surface area contributed by atoms with Crippen LogP contribution in [0, 0.1) is 0 Å². The summed E-state index contributed by atoms with van der Waals surface area (Å²) in [7, 11) is 0. The highest BCUT2D eigenvalue weighted by Crippen LogP contribution is 2.34. The first-order chi connectivity index (χ1) is 10.3. The van der Waals surface area contributed by atoms with Crippen molar-refractivity contribution in [2.75, 3.05) is 11.9 Å². The minimum Gasteiger partial charge on any atom is -0.384 e. The summed E-state index contributed by atoms with van der Waals surface area (Å²) in [5.74, 6) is 0. The van der Waals surface area contributed by atoms with E-state index in [-0.39, 0.29) is 4.87 Å². The number of aromatic nitrogens is 3. The number of anilines is 1. The Labute approximate surface area is 125 Å². The minimum atomic E-state index is -0.0195. The predicted octanol–water partition coefficient (Wildman–Crippen LogP) is 2.32. The summed E-state index contributed by atoms with van der Waals surface area (Å²) in [4.78, 5) is 18.4. The largest absolute Gasteiger partial charge is 0.384 e. The van der Waals surface area contributed by atoms with Gasteiger partial charge < -0.3 is 14.9 Å². The standard InChI is InChI=1S/C15H14N4OS/c20-15-18-11(8-21-15)7-19-9-16-6-13(19)12-3-1-2-10-4-5-17-14(10)12/h1-3,6,8-9,17H,4-5,7H2,(H,18,20). The Morgan fingerprint density at radius 1 is 1.38 bits per heavy atom. The van der Waals surface area contributed by atoms with Crippen LogP contribution >= 0.6 is 11.3 Å². The summed E-state index contributed by atoms with van der Waals surface area (Å²) < 4.78 is 2.06. The average molecular weight is 298 g/mol. The third-order valence-electron chi connectivity index (χ3n) is 3.75. The topological polar surface area (TPSA) is 62.7 Å². The summed E-state index contributed by atoms with van der Waals surface area (Å²) in [5.41, 5.74) is 5.69. The summed E-state index contributed by atoms with van der Waals surface area (Å²) >= 11 is 1.19. The Hall–Kier alpha value is -2.34. The molecule has 0 aliphatic carbocycles. The fraction of sp³-hybridized carbons (Fsp3) is 0.200. The number of hydrogen-bond donors (Lipinski definition) is 2. The molecule has 2 N–H and O–H groups in total. The van der Waals surface area contributed by atoms with Crippen molar-refractivity contribution in [1.82, 2.24) is 14.5 Å². The van der Waals surface area contributed by atoms with Gasteiger partial charge >= 0.3 is 4.87 Å². The monoisotopic (exact) mass is 298 g/mol. The van der Waals surface area contributed by atoms with Crippen molar-refractivity contribution in [2.24, 2.45) is 0 Å². The van der Waals surface area contributed by atoms with Crippen LogP contribution in [0.5, 0.6) is 0 Å².